The van der Waals surface area contributed by atoms with Crippen molar-refractivity contribution >= 4 is 5.78 Å². The zero-order valence-electron chi connectivity index (χ0n) is 12.6. The van der Waals surface area contributed by atoms with Crippen molar-refractivity contribution in [2.24, 2.45) is 0 Å². The molecule has 0 heterocycles. The van der Waals surface area contributed by atoms with E-state index in [4.69, 9.17) is 18.9 Å². The predicted molar refractivity (Wildman–Crippen MR) is 76.0 cm³/mol. The van der Waals surface area contributed by atoms with Crippen LogP contribution < -0.4 is 0 Å². The van der Waals surface area contributed by atoms with Crippen molar-refractivity contribution in [2.75, 3.05) is 46.2 Å². The summed E-state index contributed by atoms with van der Waals surface area (Å²) in [5.74, 6) is 0.311. The van der Waals surface area contributed by atoms with Crippen molar-refractivity contribution in [1.29, 1.82) is 0 Å². The molecule has 1 fully saturated rings. The number of Topliss-reactive ketones (excluding diaryl/α,β-unsaturated/α-hetero) is 1. The number of ether oxygens (including phenoxy) is 4. The van der Waals surface area contributed by atoms with Crippen LogP contribution in [-0.2, 0) is 23.7 Å². The Morgan fingerprint density at radius 2 is 1.55 bits per heavy atom. The van der Waals surface area contributed by atoms with Gasteiger partial charge in [-0.3, -0.25) is 4.79 Å². The molecule has 0 saturated heterocycles. The summed E-state index contributed by atoms with van der Waals surface area (Å²) < 4.78 is 21.7. The minimum absolute atomic E-state index is 0.114. The Bertz CT molecular complexity index is 244. The van der Waals surface area contributed by atoms with E-state index in [1.54, 1.807) is 0 Å². The maximum atomic E-state index is 11.0. The van der Waals surface area contributed by atoms with Gasteiger partial charge in [0.05, 0.1) is 45.7 Å². The van der Waals surface area contributed by atoms with Crippen LogP contribution in [0.15, 0.2) is 0 Å². The van der Waals surface area contributed by atoms with Gasteiger partial charge >= 0.3 is 0 Å². The second-order valence-electron chi connectivity index (χ2n) is 4.96. The van der Waals surface area contributed by atoms with Crippen molar-refractivity contribution in [3.63, 3.8) is 0 Å². The van der Waals surface area contributed by atoms with Gasteiger partial charge in [-0.25, -0.2) is 0 Å². The SMILES string of the molecule is CCCCOCCOCCOCCOC1CCC(=O)C1. The molecule has 0 bridgehead atoms. The van der Waals surface area contributed by atoms with E-state index in [2.05, 4.69) is 6.92 Å². The first-order valence-corrected chi connectivity index (χ1v) is 7.69. The topological polar surface area (TPSA) is 54.0 Å². The fourth-order valence-electron chi connectivity index (χ4n) is 1.98. The number of carbonyl (C=O) groups excluding carboxylic acids is 1. The first kappa shape index (κ1) is 17.6. The Labute approximate surface area is 121 Å². The number of rotatable bonds is 13. The van der Waals surface area contributed by atoms with Gasteiger partial charge in [-0.1, -0.05) is 13.3 Å². The lowest BCUT2D eigenvalue weighted by Crippen LogP contribution is -2.15. The van der Waals surface area contributed by atoms with Crippen LogP contribution in [0.5, 0.6) is 0 Å². The van der Waals surface area contributed by atoms with Gasteiger partial charge in [0.2, 0.25) is 0 Å². The molecule has 1 saturated carbocycles. The molecule has 5 nitrogen and oxygen atoms in total. The van der Waals surface area contributed by atoms with Crippen LogP contribution in [0.4, 0.5) is 0 Å². The Kier molecular flexibility index (Phi) is 10.8. The number of unbranched alkanes of at least 4 members (excludes halogenated alkanes) is 1. The summed E-state index contributed by atoms with van der Waals surface area (Å²) in [4.78, 5) is 11.0. The summed E-state index contributed by atoms with van der Waals surface area (Å²) in [6, 6.07) is 0. The summed E-state index contributed by atoms with van der Waals surface area (Å²) in [7, 11) is 0. The predicted octanol–water partition coefficient (Wildman–Crippen LogP) is 1.97. The largest absolute Gasteiger partial charge is 0.379 e. The van der Waals surface area contributed by atoms with E-state index in [0.717, 1.165) is 25.9 Å². The van der Waals surface area contributed by atoms with Gasteiger partial charge in [0.1, 0.15) is 5.78 Å². The average molecular weight is 288 g/mol. The highest BCUT2D eigenvalue weighted by Gasteiger charge is 2.22. The van der Waals surface area contributed by atoms with E-state index in [-0.39, 0.29) is 6.10 Å². The maximum Gasteiger partial charge on any atom is 0.135 e. The van der Waals surface area contributed by atoms with Crippen molar-refractivity contribution < 1.29 is 23.7 Å². The zero-order valence-corrected chi connectivity index (χ0v) is 12.6. The number of ketones is 1. The van der Waals surface area contributed by atoms with Crippen LogP contribution in [0.3, 0.4) is 0 Å². The van der Waals surface area contributed by atoms with Crippen molar-refractivity contribution in [2.45, 2.75) is 45.1 Å². The van der Waals surface area contributed by atoms with Gasteiger partial charge in [-0.05, 0) is 12.8 Å². The fourth-order valence-corrected chi connectivity index (χ4v) is 1.98. The third-order valence-electron chi connectivity index (χ3n) is 3.17. The van der Waals surface area contributed by atoms with E-state index in [1.807, 2.05) is 0 Å². The lowest BCUT2D eigenvalue weighted by Gasteiger charge is -2.10. The van der Waals surface area contributed by atoms with Crippen LogP contribution >= 0.6 is 0 Å². The van der Waals surface area contributed by atoms with Gasteiger partial charge in [-0.15, -0.1) is 0 Å². The van der Waals surface area contributed by atoms with E-state index in [0.29, 0.717) is 58.3 Å². The zero-order chi connectivity index (χ0) is 14.5. The lowest BCUT2D eigenvalue weighted by atomic mass is 10.3. The molecule has 20 heavy (non-hydrogen) atoms. The lowest BCUT2D eigenvalue weighted by molar-refractivity contribution is -0.118. The van der Waals surface area contributed by atoms with Crippen LogP contribution in [0.2, 0.25) is 0 Å². The summed E-state index contributed by atoms with van der Waals surface area (Å²) in [5.41, 5.74) is 0. The van der Waals surface area contributed by atoms with Crippen molar-refractivity contribution in [1.82, 2.24) is 0 Å². The quantitative estimate of drug-likeness (QED) is 0.485. The molecule has 1 rings (SSSR count). The van der Waals surface area contributed by atoms with E-state index in [9.17, 15) is 4.79 Å². The molecule has 0 radical (unpaired) electrons. The molecule has 0 amide bonds. The van der Waals surface area contributed by atoms with E-state index >= 15 is 0 Å². The van der Waals surface area contributed by atoms with Crippen LogP contribution in [-0.4, -0.2) is 58.1 Å². The third-order valence-corrected chi connectivity index (χ3v) is 3.17. The molecule has 0 N–H and O–H groups in total. The monoisotopic (exact) mass is 288 g/mol. The highest BCUT2D eigenvalue weighted by molar-refractivity contribution is 5.81. The van der Waals surface area contributed by atoms with Crippen LogP contribution in [0, 0.1) is 0 Å². The Morgan fingerprint density at radius 1 is 0.950 bits per heavy atom. The summed E-state index contributed by atoms with van der Waals surface area (Å²) in [6.45, 7) is 6.50. The fraction of sp³-hybridized carbons (Fsp3) is 0.933. The van der Waals surface area contributed by atoms with Gasteiger partial charge in [-0.2, -0.15) is 0 Å². The molecule has 5 heteroatoms. The molecule has 1 atom stereocenters. The molecular formula is C15H28O5. The summed E-state index contributed by atoms with van der Waals surface area (Å²) in [5, 5.41) is 0. The Balaban J connectivity index is 1.71. The summed E-state index contributed by atoms with van der Waals surface area (Å²) >= 11 is 0. The molecule has 0 aromatic rings. The standard InChI is InChI=1S/C15H28O5/c1-2-3-6-17-7-8-18-9-10-19-11-12-20-15-5-4-14(16)13-15/h15H,2-13H2,1H3. The highest BCUT2D eigenvalue weighted by Crippen LogP contribution is 2.17. The maximum absolute atomic E-state index is 11.0. The molecule has 1 unspecified atom stereocenters. The van der Waals surface area contributed by atoms with E-state index in [1.165, 1.54) is 0 Å². The first-order valence-electron chi connectivity index (χ1n) is 7.69. The molecule has 118 valence electrons. The minimum Gasteiger partial charge on any atom is -0.379 e. The van der Waals surface area contributed by atoms with Crippen LogP contribution in [0.1, 0.15) is 39.0 Å². The van der Waals surface area contributed by atoms with Crippen molar-refractivity contribution in [3.05, 3.63) is 0 Å². The summed E-state index contributed by atoms with van der Waals surface area (Å²) in [6.07, 6.45) is 4.48. The minimum atomic E-state index is 0.114. The average Bonchev–Trinajstić information content (AvgIpc) is 2.86. The first-order chi connectivity index (χ1) is 9.83. The van der Waals surface area contributed by atoms with Crippen molar-refractivity contribution in [3.8, 4) is 0 Å². The molecular weight excluding hydrogens is 260 g/mol. The van der Waals surface area contributed by atoms with Gasteiger partial charge < -0.3 is 18.9 Å². The van der Waals surface area contributed by atoms with Crippen LogP contribution in [0.25, 0.3) is 0 Å². The molecule has 0 aromatic heterocycles. The molecule has 0 aliphatic heterocycles. The second-order valence-corrected chi connectivity index (χ2v) is 4.96. The highest BCUT2D eigenvalue weighted by atomic mass is 16.6. The number of carbonyl (C=O) groups is 1. The van der Waals surface area contributed by atoms with Gasteiger partial charge in [0.25, 0.3) is 0 Å². The Hall–Kier alpha value is -0.490. The Morgan fingerprint density at radius 3 is 2.10 bits per heavy atom. The molecule has 0 aromatic carbocycles. The third kappa shape index (κ3) is 9.42. The number of hydrogen-bond acceptors (Lipinski definition) is 5. The number of hydrogen-bond donors (Lipinski definition) is 0. The molecule has 1 aliphatic rings. The molecule has 1 aliphatic carbocycles. The van der Waals surface area contributed by atoms with E-state index < -0.39 is 0 Å². The smallest absolute Gasteiger partial charge is 0.135 e. The van der Waals surface area contributed by atoms with Gasteiger partial charge in [0.15, 0.2) is 0 Å². The second kappa shape index (κ2) is 12.3. The molecule has 0 spiro atoms. The normalized spacial score (nSPS) is 18.9. The van der Waals surface area contributed by atoms with Gasteiger partial charge in [0, 0.05) is 19.4 Å².